The molecule has 0 amide bonds. The minimum absolute atomic E-state index is 0.00600. The lowest BCUT2D eigenvalue weighted by molar-refractivity contribution is -0.109. The number of hydrogen-bond donors (Lipinski definition) is 0. The van der Waals surface area contributed by atoms with E-state index in [1.807, 2.05) is 20.8 Å². The zero-order chi connectivity index (χ0) is 16.8. The molecule has 0 saturated heterocycles. The molecule has 1 atom stereocenters. The van der Waals surface area contributed by atoms with Gasteiger partial charge in [0.15, 0.2) is 5.12 Å². The summed E-state index contributed by atoms with van der Waals surface area (Å²) in [5.41, 5.74) is 0. The normalized spacial score (nSPS) is 13.3. The predicted molar refractivity (Wildman–Crippen MR) is 96.1 cm³/mol. The molecule has 0 aromatic rings. The van der Waals surface area contributed by atoms with E-state index in [0.717, 1.165) is 12.8 Å². The molecule has 0 aromatic carbocycles. The molecule has 22 heavy (non-hydrogen) atoms. The highest BCUT2D eigenvalue weighted by Crippen LogP contribution is 2.31. The zero-order valence-electron chi connectivity index (χ0n) is 15.0. The fourth-order valence-corrected chi connectivity index (χ4v) is 7.39. The van der Waals surface area contributed by atoms with Crippen molar-refractivity contribution >= 4 is 25.7 Å². The van der Waals surface area contributed by atoms with Crippen LogP contribution in [0.3, 0.4) is 0 Å². The Labute approximate surface area is 142 Å². The van der Waals surface area contributed by atoms with Gasteiger partial charge >= 0.3 is 8.80 Å². The summed E-state index contributed by atoms with van der Waals surface area (Å²) in [6.45, 7) is 11.3. The second kappa shape index (κ2) is 13.5. The first-order chi connectivity index (χ1) is 10.6. The molecule has 1 unspecified atom stereocenters. The Morgan fingerprint density at radius 3 is 1.82 bits per heavy atom. The van der Waals surface area contributed by atoms with Crippen LogP contribution < -0.4 is 0 Å². The van der Waals surface area contributed by atoms with Gasteiger partial charge in [-0.15, -0.1) is 0 Å². The second-order valence-corrected chi connectivity index (χ2v) is 9.77. The molecule has 0 rings (SSSR count). The molecular weight excluding hydrogens is 316 g/mol. The van der Waals surface area contributed by atoms with Crippen molar-refractivity contribution in [2.24, 2.45) is 0 Å². The minimum atomic E-state index is -2.81. The van der Waals surface area contributed by atoms with Crippen molar-refractivity contribution in [2.75, 3.05) is 19.8 Å². The van der Waals surface area contributed by atoms with Gasteiger partial charge in [-0.1, -0.05) is 50.8 Å². The quantitative estimate of drug-likeness (QED) is 0.339. The molecule has 0 saturated carbocycles. The maximum absolute atomic E-state index is 11.7. The fraction of sp³-hybridized carbons (Fsp3) is 0.938. The largest absolute Gasteiger partial charge is 0.515 e. The Balaban J connectivity index is 4.89. The Morgan fingerprint density at radius 1 is 0.909 bits per heavy atom. The topological polar surface area (TPSA) is 44.8 Å². The molecule has 0 aliphatic carbocycles. The van der Waals surface area contributed by atoms with E-state index in [1.165, 1.54) is 37.4 Å². The second-order valence-electron chi connectivity index (χ2n) is 5.20. The van der Waals surface area contributed by atoms with Gasteiger partial charge in [-0.25, -0.2) is 0 Å². The van der Waals surface area contributed by atoms with Crippen LogP contribution in [-0.2, 0) is 18.1 Å². The van der Waals surface area contributed by atoms with Crippen LogP contribution in [0.15, 0.2) is 0 Å². The number of thioether (sulfide) groups is 1. The lowest BCUT2D eigenvalue weighted by atomic mass is 10.1. The molecule has 0 fully saturated rings. The number of hydrogen-bond acceptors (Lipinski definition) is 5. The van der Waals surface area contributed by atoms with Crippen LogP contribution >= 0.6 is 11.8 Å². The summed E-state index contributed by atoms with van der Waals surface area (Å²) in [7, 11) is -2.81. The Bertz CT molecular complexity index is 272. The number of carbonyl (C=O) groups excluding carboxylic acids is 1. The van der Waals surface area contributed by atoms with Crippen molar-refractivity contribution < 1.29 is 18.1 Å². The molecule has 0 heterocycles. The fourth-order valence-electron chi connectivity index (χ4n) is 2.45. The maximum Gasteiger partial charge on any atom is 0.515 e. The van der Waals surface area contributed by atoms with E-state index in [1.54, 1.807) is 6.92 Å². The highest BCUT2D eigenvalue weighted by atomic mass is 32.2. The molecule has 0 aromatic heterocycles. The molecule has 0 bridgehead atoms. The third kappa shape index (κ3) is 8.67. The molecule has 0 aliphatic heterocycles. The van der Waals surface area contributed by atoms with Crippen molar-refractivity contribution in [3.05, 3.63) is 0 Å². The Kier molecular flexibility index (Phi) is 13.6. The van der Waals surface area contributed by atoms with E-state index < -0.39 is 8.80 Å². The van der Waals surface area contributed by atoms with Crippen molar-refractivity contribution in [2.45, 2.75) is 78.0 Å². The predicted octanol–water partition coefficient (Wildman–Crippen LogP) is 4.58. The van der Waals surface area contributed by atoms with Crippen LogP contribution in [0, 0.1) is 0 Å². The van der Waals surface area contributed by atoms with Gasteiger partial charge < -0.3 is 13.3 Å². The van der Waals surface area contributed by atoms with Crippen LogP contribution in [0.4, 0.5) is 0 Å². The van der Waals surface area contributed by atoms with Gasteiger partial charge in [0.05, 0.1) is 4.87 Å². The molecule has 0 spiro atoms. The van der Waals surface area contributed by atoms with Crippen molar-refractivity contribution in [1.29, 1.82) is 0 Å². The van der Waals surface area contributed by atoms with Crippen molar-refractivity contribution in [3.8, 4) is 0 Å². The van der Waals surface area contributed by atoms with E-state index in [2.05, 4.69) is 6.92 Å². The Hall–Kier alpha value is 0.117. The van der Waals surface area contributed by atoms with Crippen LogP contribution in [0.25, 0.3) is 0 Å². The summed E-state index contributed by atoms with van der Waals surface area (Å²) >= 11 is 1.34. The van der Waals surface area contributed by atoms with E-state index in [9.17, 15) is 4.79 Å². The van der Waals surface area contributed by atoms with Gasteiger partial charge in [-0.3, -0.25) is 4.79 Å². The SMILES string of the molecule is CCCCCCCC(SC(C)=O)[Si](OCC)(OCC)OCC. The third-order valence-electron chi connectivity index (χ3n) is 3.31. The average Bonchev–Trinajstić information content (AvgIpc) is 2.46. The highest BCUT2D eigenvalue weighted by Gasteiger charge is 2.49. The summed E-state index contributed by atoms with van der Waals surface area (Å²) < 4.78 is 17.9. The molecular formula is C16H34O4SSi. The number of unbranched alkanes of at least 4 members (excludes halogenated alkanes) is 4. The lowest BCUT2D eigenvalue weighted by Gasteiger charge is -2.34. The summed E-state index contributed by atoms with van der Waals surface area (Å²) in [5.74, 6) is 0. The van der Waals surface area contributed by atoms with Crippen LogP contribution in [-0.4, -0.2) is 38.6 Å². The van der Waals surface area contributed by atoms with Gasteiger partial charge in [-0.05, 0) is 27.2 Å². The lowest BCUT2D eigenvalue weighted by Crippen LogP contribution is -2.55. The van der Waals surface area contributed by atoms with E-state index >= 15 is 0 Å². The van der Waals surface area contributed by atoms with Gasteiger partial charge in [-0.2, -0.15) is 0 Å². The summed E-state index contributed by atoms with van der Waals surface area (Å²) in [4.78, 5) is 11.7. The number of carbonyl (C=O) groups is 1. The standard InChI is InChI=1S/C16H34O4SSi/c1-6-10-11-12-13-14-16(21-15(5)17)22(18-7-2,19-8-3)20-9-4/h16H,6-14H2,1-5H3. The van der Waals surface area contributed by atoms with E-state index in [4.69, 9.17) is 13.3 Å². The third-order valence-corrected chi connectivity index (χ3v) is 8.53. The van der Waals surface area contributed by atoms with Crippen molar-refractivity contribution in [3.63, 3.8) is 0 Å². The van der Waals surface area contributed by atoms with E-state index in [-0.39, 0.29) is 9.99 Å². The van der Waals surface area contributed by atoms with Gasteiger partial charge in [0, 0.05) is 26.7 Å². The first-order valence-electron chi connectivity index (χ1n) is 8.65. The molecule has 0 radical (unpaired) electrons. The Morgan fingerprint density at radius 2 is 1.41 bits per heavy atom. The smallest absolute Gasteiger partial charge is 0.373 e. The van der Waals surface area contributed by atoms with Gasteiger partial charge in [0.25, 0.3) is 0 Å². The summed E-state index contributed by atoms with van der Waals surface area (Å²) in [6.07, 6.45) is 6.96. The zero-order valence-corrected chi connectivity index (χ0v) is 16.8. The summed E-state index contributed by atoms with van der Waals surface area (Å²) in [5, 5.41) is 0.106. The maximum atomic E-state index is 11.7. The van der Waals surface area contributed by atoms with E-state index in [0.29, 0.717) is 19.8 Å². The van der Waals surface area contributed by atoms with Gasteiger partial charge in [0.2, 0.25) is 0 Å². The molecule has 6 heteroatoms. The molecule has 132 valence electrons. The molecule has 0 N–H and O–H groups in total. The van der Waals surface area contributed by atoms with Crippen molar-refractivity contribution in [1.82, 2.24) is 0 Å². The van der Waals surface area contributed by atoms with Crippen LogP contribution in [0.2, 0.25) is 0 Å². The van der Waals surface area contributed by atoms with Crippen LogP contribution in [0.1, 0.15) is 73.1 Å². The average molecular weight is 351 g/mol. The monoisotopic (exact) mass is 350 g/mol. The summed E-state index contributed by atoms with van der Waals surface area (Å²) in [6, 6.07) is 0. The minimum Gasteiger partial charge on any atom is -0.373 e. The number of rotatable bonds is 14. The highest BCUT2D eigenvalue weighted by molar-refractivity contribution is 8.15. The first kappa shape index (κ1) is 22.1. The molecule has 0 aliphatic rings. The molecule has 4 nitrogen and oxygen atoms in total. The first-order valence-corrected chi connectivity index (χ1v) is 11.3. The van der Waals surface area contributed by atoms with Crippen LogP contribution in [0.5, 0.6) is 0 Å². The van der Waals surface area contributed by atoms with Gasteiger partial charge in [0.1, 0.15) is 0 Å².